The Bertz CT molecular complexity index is 529. The summed E-state index contributed by atoms with van der Waals surface area (Å²) in [6.45, 7) is 11.2. The minimum Gasteiger partial charge on any atom is -0.364 e. The Balaban J connectivity index is 0.00000200. The zero-order valence-electron chi connectivity index (χ0n) is 12.6. The number of anilines is 1. The van der Waals surface area contributed by atoms with Crippen molar-refractivity contribution in [2.75, 3.05) is 5.32 Å². The number of rotatable bonds is 6. The molecule has 0 aliphatic rings. The zero-order chi connectivity index (χ0) is 13.8. The summed E-state index contributed by atoms with van der Waals surface area (Å²) in [5, 5.41) is 12.2. The molecule has 2 heterocycles. The molecule has 0 atom stereocenters. The van der Waals surface area contributed by atoms with E-state index in [1.807, 2.05) is 15.6 Å². The maximum Gasteiger partial charge on any atom is 0.151 e. The number of nitrogens with one attached hydrogen (secondary N) is 1. The summed E-state index contributed by atoms with van der Waals surface area (Å²) >= 11 is 0. The van der Waals surface area contributed by atoms with Crippen LogP contribution in [0.3, 0.4) is 0 Å². The molecular formula is C14H24ClN5. The summed E-state index contributed by atoms with van der Waals surface area (Å²) in [5.41, 5.74) is 2.36. The quantitative estimate of drug-likeness (QED) is 0.891. The molecule has 0 radical (unpaired) electrons. The molecule has 0 aromatic carbocycles. The molecule has 0 spiro atoms. The molecule has 2 rings (SSSR count). The minimum atomic E-state index is 0. The van der Waals surface area contributed by atoms with E-state index in [1.54, 1.807) is 0 Å². The number of hydrogen-bond donors (Lipinski definition) is 1. The Kier molecular flexibility index (Phi) is 6.07. The SMILES string of the molecule is CCn1cc(C)c(NCc2cnn(CC(C)C)c2)n1.Cl. The Morgan fingerprint density at radius 2 is 2.00 bits per heavy atom. The Hall–Kier alpha value is -1.49. The molecule has 20 heavy (non-hydrogen) atoms. The predicted molar refractivity (Wildman–Crippen MR) is 84.3 cm³/mol. The van der Waals surface area contributed by atoms with Crippen molar-refractivity contribution in [2.24, 2.45) is 5.92 Å². The maximum atomic E-state index is 4.48. The topological polar surface area (TPSA) is 47.7 Å². The van der Waals surface area contributed by atoms with E-state index in [-0.39, 0.29) is 12.4 Å². The average molecular weight is 298 g/mol. The van der Waals surface area contributed by atoms with Gasteiger partial charge in [0.15, 0.2) is 5.82 Å². The van der Waals surface area contributed by atoms with Crippen molar-refractivity contribution in [1.29, 1.82) is 0 Å². The Morgan fingerprint density at radius 3 is 2.60 bits per heavy atom. The van der Waals surface area contributed by atoms with E-state index < -0.39 is 0 Å². The third-order valence-electron chi connectivity index (χ3n) is 2.97. The second-order valence-corrected chi connectivity index (χ2v) is 5.33. The molecule has 2 aromatic heterocycles. The summed E-state index contributed by atoms with van der Waals surface area (Å²) in [4.78, 5) is 0. The van der Waals surface area contributed by atoms with Gasteiger partial charge in [-0.2, -0.15) is 10.2 Å². The van der Waals surface area contributed by atoms with Crippen molar-refractivity contribution < 1.29 is 0 Å². The van der Waals surface area contributed by atoms with Crippen LogP contribution >= 0.6 is 12.4 Å². The summed E-state index contributed by atoms with van der Waals surface area (Å²) in [5.74, 6) is 1.57. The first-order valence-corrected chi connectivity index (χ1v) is 6.87. The van der Waals surface area contributed by atoms with Gasteiger partial charge in [0, 0.05) is 43.2 Å². The van der Waals surface area contributed by atoms with Gasteiger partial charge >= 0.3 is 0 Å². The van der Waals surface area contributed by atoms with Crippen LogP contribution in [0.2, 0.25) is 0 Å². The largest absolute Gasteiger partial charge is 0.364 e. The highest BCUT2D eigenvalue weighted by molar-refractivity contribution is 5.85. The van der Waals surface area contributed by atoms with Crippen LogP contribution in [-0.4, -0.2) is 19.6 Å². The van der Waals surface area contributed by atoms with Gasteiger partial charge in [-0.25, -0.2) is 0 Å². The van der Waals surface area contributed by atoms with Gasteiger partial charge in [-0.05, 0) is 19.8 Å². The van der Waals surface area contributed by atoms with Crippen LogP contribution in [0.1, 0.15) is 31.9 Å². The van der Waals surface area contributed by atoms with Crippen LogP contribution in [0.25, 0.3) is 0 Å². The summed E-state index contributed by atoms with van der Waals surface area (Å²) < 4.78 is 3.94. The maximum absolute atomic E-state index is 4.48. The fourth-order valence-corrected chi connectivity index (χ4v) is 2.02. The summed E-state index contributed by atoms with van der Waals surface area (Å²) in [6, 6.07) is 0. The fourth-order valence-electron chi connectivity index (χ4n) is 2.02. The predicted octanol–water partition coefficient (Wildman–Crippen LogP) is 3.10. The zero-order valence-corrected chi connectivity index (χ0v) is 13.4. The molecular weight excluding hydrogens is 274 g/mol. The van der Waals surface area contributed by atoms with Crippen LogP contribution in [0, 0.1) is 12.8 Å². The molecule has 112 valence electrons. The van der Waals surface area contributed by atoms with E-state index in [2.05, 4.69) is 55.6 Å². The van der Waals surface area contributed by atoms with Crippen LogP contribution in [0.4, 0.5) is 5.82 Å². The average Bonchev–Trinajstić information content (AvgIpc) is 2.93. The summed E-state index contributed by atoms with van der Waals surface area (Å²) in [6.07, 6.45) is 6.07. The molecule has 0 aliphatic heterocycles. The normalized spacial score (nSPS) is 10.7. The number of hydrogen-bond acceptors (Lipinski definition) is 3. The molecule has 2 aromatic rings. The lowest BCUT2D eigenvalue weighted by Crippen LogP contribution is -2.05. The highest BCUT2D eigenvalue weighted by Gasteiger charge is 2.05. The van der Waals surface area contributed by atoms with Gasteiger partial charge in [0.25, 0.3) is 0 Å². The lowest BCUT2D eigenvalue weighted by Gasteiger charge is -2.04. The number of nitrogens with zero attached hydrogens (tertiary/aromatic N) is 4. The Labute approximate surface area is 126 Å². The van der Waals surface area contributed by atoms with Gasteiger partial charge in [-0.1, -0.05) is 13.8 Å². The van der Waals surface area contributed by atoms with Gasteiger partial charge in [0.2, 0.25) is 0 Å². The van der Waals surface area contributed by atoms with Crippen molar-refractivity contribution in [3.63, 3.8) is 0 Å². The van der Waals surface area contributed by atoms with Gasteiger partial charge in [-0.15, -0.1) is 12.4 Å². The lowest BCUT2D eigenvalue weighted by molar-refractivity contribution is 0.483. The van der Waals surface area contributed by atoms with Crippen LogP contribution in [0.5, 0.6) is 0 Å². The molecule has 0 aliphatic carbocycles. The first kappa shape index (κ1) is 16.6. The van der Waals surface area contributed by atoms with Gasteiger partial charge in [0.1, 0.15) is 0 Å². The highest BCUT2D eigenvalue weighted by Crippen LogP contribution is 2.13. The van der Waals surface area contributed by atoms with E-state index in [0.29, 0.717) is 5.92 Å². The first-order chi connectivity index (χ1) is 9.08. The third kappa shape index (κ3) is 4.27. The number of aryl methyl sites for hydroxylation is 2. The van der Waals surface area contributed by atoms with Crippen molar-refractivity contribution in [2.45, 2.75) is 47.3 Å². The van der Waals surface area contributed by atoms with E-state index in [0.717, 1.165) is 25.5 Å². The van der Waals surface area contributed by atoms with Gasteiger partial charge < -0.3 is 5.32 Å². The summed E-state index contributed by atoms with van der Waals surface area (Å²) in [7, 11) is 0. The van der Waals surface area contributed by atoms with Crippen molar-refractivity contribution in [3.8, 4) is 0 Å². The standard InChI is InChI=1S/C14H23N5.ClH/c1-5-18-9-12(4)14(17-18)15-6-13-7-16-19(10-13)8-11(2)3;/h7,9-11H,5-6,8H2,1-4H3,(H,15,17);1H. The molecule has 6 heteroatoms. The van der Waals surface area contributed by atoms with Crippen molar-refractivity contribution >= 4 is 18.2 Å². The monoisotopic (exact) mass is 297 g/mol. The molecule has 5 nitrogen and oxygen atoms in total. The number of halogens is 1. The second kappa shape index (κ2) is 7.33. The van der Waals surface area contributed by atoms with E-state index in [9.17, 15) is 0 Å². The molecule has 0 fully saturated rings. The molecule has 0 unspecified atom stereocenters. The van der Waals surface area contributed by atoms with Gasteiger partial charge in [0.05, 0.1) is 6.20 Å². The van der Waals surface area contributed by atoms with Crippen molar-refractivity contribution in [1.82, 2.24) is 19.6 Å². The lowest BCUT2D eigenvalue weighted by atomic mass is 10.2. The van der Waals surface area contributed by atoms with Crippen LogP contribution in [0.15, 0.2) is 18.6 Å². The van der Waals surface area contributed by atoms with E-state index >= 15 is 0 Å². The second-order valence-electron chi connectivity index (χ2n) is 5.33. The smallest absolute Gasteiger partial charge is 0.151 e. The Morgan fingerprint density at radius 1 is 1.25 bits per heavy atom. The van der Waals surface area contributed by atoms with E-state index in [1.165, 1.54) is 11.1 Å². The van der Waals surface area contributed by atoms with Crippen molar-refractivity contribution in [3.05, 3.63) is 29.7 Å². The molecule has 0 amide bonds. The molecule has 0 saturated carbocycles. The minimum absolute atomic E-state index is 0. The third-order valence-corrected chi connectivity index (χ3v) is 2.97. The molecule has 0 bridgehead atoms. The number of aromatic nitrogens is 4. The van der Waals surface area contributed by atoms with Gasteiger partial charge in [-0.3, -0.25) is 9.36 Å². The fraction of sp³-hybridized carbons (Fsp3) is 0.571. The van der Waals surface area contributed by atoms with E-state index in [4.69, 9.17) is 0 Å². The van der Waals surface area contributed by atoms with Crippen LogP contribution < -0.4 is 5.32 Å². The van der Waals surface area contributed by atoms with Crippen LogP contribution in [-0.2, 0) is 19.6 Å². The molecule has 0 saturated heterocycles. The highest BCUT2D eigenvalue weighted by atomic mass is 35.5. The first-order valence-electron chi connectivity index (χ1n) is 6.87. The molecule has 1 N–H and O–H groups in total.